The Morgan fingerprint density at radius 3 is 2.44 bits per heavy atom. The van der Waals surface area contributed by atoms with E-state index in [4.69, 9.17) is 9.47 Å². The average Bonchev–Trinajstić information content (AvgIpc) is 2.32. The van der Waals surface area contributed by atoms with E-state index in [0.717, 1.165) is 4.73 Å². The number of hydrogen-bond donors (Lipinski definition) is 1. The normalized spacial score (nSPS) is 10.4. The zero-order valence-corrected chi connectivity index (χ0v) is 8.93. The highest BCUT2D eigenvalue weighted by atomic mass is 16.5. The van der Waals surface area contributed by atoms with Crippen LogP contribution in [0.3, 0.4) is 0 Å². The summed E-state index contributed by atoms with van der Waals surface area (Å²) in [6.07, 6.45) is 1.29. The molecule has 0 unspecified atom stereocenters. The van der Waals surface area contributed by atoms with Crippen molar-refractivity contribution in [3.8, 4) is 11.5 Å². The van der Waals surface area contributed by atoms with Crippen molar-refractivity contribution in [3.05, 3.63) is 34.6 Å². The molecule has 0 aliphatic carbocycles. The van der Waals surface area contributed by atoms with Gasteiger partial charge in [-0.2, -0.15) is 4.73 Å². The largest absolute Gasteiger partial charge is 0.493 e. The molecule has 1 aromatic heterocycles. The molecular formula is C11H11NO4. The van der Waals surface area contributed by atoms with E-state index in [9.17, 15) is 10.0 Å². The molecule has 5 nitrogen and oxygen atoms in total. The van der Waals surface area contributed by atoms with Crippen molar-refractivity contribution in [3.63, 3.8) is 0 Å². The maximum Gasteiger partial charge on any atom is 0.189 e. The van der Waals surface area contributed by atoms with E-state index >= 15 is 0 Å². The van der Waals surface area contributed by atoms with Crippen molar-refractivity contribution < 1.29 is 14.7 Å². The summed E-state index contributed by atoms with van der Waals surface area (Å²) < 4.78 is 11.0. The molecule has 0 fully saturated rings. The quantitative estimate of drug-likeness (QED) is 0.775. The molecule has 16 heavy (non-hydrogen) atoms. The van der Waals surface area contributed by atoms with Gasteiger partial charge in [0, 0.05) is 18.3 Å². The van der Waals surface area contributed by atoms with Crippen molar-refractivity contribution >= 4 is 10.9 Å². The van der Waals surface area contributed by atoms with Gasteiger partial charge in [-0.25, -0.2) is 0 Å². The predicted octanol–water partition coefficient (Wildman–Crippen LogP) is 1.26. The van der Waals surface area contributed by atoms with E-state index in [1.165, 1.54) is 26.5 Å². The van der Waals surface area contributed by atoms with E-state index in [-0.39, 0.29) is 5.43 Å². The van der Waals surface area contributed by atoms with Crippen LogP contribution in [-0.2, 0) is 0 Å². The molecule has 0 saturated heterocycles. The highest BCUT2D eigenvalue weighted by Crippen LogP contribution is 2.30. The van der Waals surface area contributed by atoms with Gasteiger partial charge in [-0.05, 0) is 6.07 Å². The van der Waals surface area contributed by atoms with Gasteiger partial charge in [0.15, 0.2) is 16.9 Å². The molecule has 84 valence electrons. The van der Waals surface area contributed by atoms with Crippen molar-refractivity contribution in [2.45, 2.75) is 0 Å². The number of ether oxygens (including phenoxy) is 2. The van der Waals surface area contributed by atoms with Gasteiger partial charge in [-0.15, -0.1) is 0 Å². The molecule has 0 radical (unpaired) electrons. The number of pyridine rings is 1. The van der Waals surface area contributed by atoms with Gasteiger partial charge in [0.1, 0.15) is 0 Å². The zero-order chi connectivity index (χ0) is 11.7. The maximum atomic E-state index is 11.6. The molecule has 2 aromatic rings. The minimum atomic E-state index is -0.179. The Bertz CT molecular complexity index is 588. The van der Waals surface area contributed by atoms with E-state index in [1.54, 1.807) is 12.1 Å². The number of aromatic nitrogens is 1. The molecule has 0 bridgehead atoms. The fourth-order valence-electron chi connectivity index (χ4n) is 1.56. The summed E-state index contributed by atoms with van der Waals surface area (Å²) in [7, 11) is 2.98. The van der Waals surface area contributed by atoms with Crippen LogP contribution in [0.1, 0.15) is 0 Å². The molecule has 0 amide bonds. The van der Waals surface area contributed by atoms with Crippen LogP contribution in [0.2, 0.25) is 0 Å². The summed E-state index contributed by atoms with van der Waals surface area (Å²) >= 11 is 0. The van der Waals surface area contributed by atoms with Crippen molar-refractivity contribution in [2.75, 3.05) is 14.2 Å². The molecule has 2 rings (SSSR count). The predicted molar refractivity (Wildman–Crippen MR) is 58.5 cm³/mol. The summed E-state index contributed by atoms with van der Waals surface area (Å²) in [4.78, 5) is 11.6. The van der Waals surface area contributed by atoms with Crippen LogP contribution >= 0.6 is 0 Å². The second-order valence-corrected chi connectivity index (χ2v) is 3.25. The van der Waals surface area contributed by atoms with Crippen molar-refractivity contribution in [1.82, 2.24) is 4.73 Å². The number of fused-ring (bicyclic) bond motifs is 1. The number of rotatable bonds is 2. The molecule has 0 spiro atoms. The van der Waals surface area contributed by atoms with Crippen LogP contribution in [0.4, 0.5) is 0 Å². The molecule has 0 aliphatic heterocycles. The highest BCUT2D eigenvalue weighted by molar-refractivity contribution is 5.82. The van der Waals surface area contributed by atoms with E-state index < -0.39 is 0 Å². The van der Waals surface area contributed by atoms with E-state index in [1.807, 2.05) is 0 Å². The van der Waals surface area contributed by atoms with Crippen LogP contribution in [0.5, 0.6) is 11.5 Å². The summed E-state index contributed by atoms with van der Waals surface area (Å²) in [5.74, 6) is 0.918. The Kier molecular flexibility index (Phi) is 2.44. The minimum Gasteiger partial charge on any atom is -0.493 e. The van der Waals surface area contributed by atoms with Gasteiger partial charge in [-0.3, -0.25) is 4.79 Å². The second kappa shape index (κ2) is 3.77. The summed E-state index contributed by atoms with van der Waals surface area (Å²) in [6.45, 7) is 0. The van der Waals surface area contributed by atoms with Crippen LogP contribution < -0.4 is 14.9 Å². The van der Waals surface area contributed by atoms with Gasteiger partial charge in [0.25, 0.3) is 0 Å². The Morgan fingerprint density at radius 2 is 1.81 bits per heavy atom. The number of benzene rings is 1. The lowest BCUT2D eigenvalue weighted by Gasteiger charge is -2.10. The van der Waals surface area contributed by atoms with Crippen molar-refractivity contribution in [1.29, 1.82) is 0 Å². The van der Waals surface area contributed by atoms with Crippen LogP contribution in [-0.4, -0.2) is 24.2 Å². The Hall–Kier alpha value is -2.17. The van der Waals surface area contributed by atoms with E-state index in [0.29, 0.717) is 22.4 Å². The van der Waals surface area contributed by atoms with Gasteiger partial charge in [0.2, 0.25) is 0 Å². The number of nitrogens with zero attached hydrogens (tertiary/aromatic N) is 1. The fourth-order valence-corrected chi connectivity index (χ4v) is 1.56. The third kappa shape index (κ3) is 1.46. The second-order valence-electron chi connectivity index (χ2n) is 3.25. The SMILES string of the molecule is COc1cc2c(=O)ccn(O)c2cc1OC. The molecule has 5 heteroatoms. The Morgan fingerprint density at radius 1 is 1.19 bits per heavy atom. The number of hydrogen-bond acceptors (Lipinski definition) is 4. The lowest BCUT2D eigenvalue weighted by Crippen LogP contribution is -2.06. The Labute approximate surface area is 91.4 Å². The average molecular weight is 221 g/mol. The third-order valence-electron chi connectivity index (χ3n) is 2.38. The lowest BCUT2D eigenvalue weighted by atomic mass is 10.2. The standard InChI is InChI=1S/C11H11NO4/c1-15-10-5-7-8(6-11(10)16-2)12(14)4-3-9(7)13/h3-6,14H,1-2H3. The first kappa shape index (κ1) is 10.4. The Balaban J connectivity index is 2.88. The smallest absolute Gasteiger partial charge is 0.189 e. The molecule has 0 saturated carbocycles. The number of methoxy groups -OCH3 is 2. The maximum absolute atomic E-state index is 11.6. The molecular weight excluding hydrogens is 210 g/mol. The zero-order valence-electron chi connectivity index (χ0n) is 8.93. The molecule has 1 N–H and O–H groups in total. The summed E-state index contributed by atoms with van der Waals surface area (Å²) in [5, 5.41) is 9.94. The first-order valence-electron chi connectivity index (χ1n) is 4.64. The molecule has 1 heterocycles. The van der Waals surface area contributed by atoms with Gasteiger partial charge >= 0.3 is 0 Å². The fraction of sp³-hybridized carbons (Fsp3) is 0.182. The summed E-state index contributed by atoms with van der Waals surface area (Å²) in [5.41, 5.74) is 0.200. The molecule has 0 aliphatic rings. The van der Waals surface area contributed by atoms with Gasteiger partial charge in [-0.1, -0.05) is 0 Å². The molecule has 1 aromatic carbocycles. The van der Waals surface area contributed by atoms with Gasteiger partial charge < -0.3 is 14.7 Å². The van der Waals surface area contributed by atoms with Crippen LogP contribution in [0, 0.1) is 0 Å². The topological polar surface area (TPSA) is 60.7 Å². The highest BCUT2D eigenvalue weighted by Gasteiger charge is 2.09. The van der Waals surface area contributed by atoms with Crippen molar-refractivity contribution in [2.24, 2.45) is 0 Å². The minimum absolute atomic E-state index is 0.179. The van der Waals surface area contributed by atoms with Gasteiger partial charge in [0.05, 0.1) is 25.1 Å². The monoisotopic (exact) mass is 221 g/mol. The lowest BCUT2D eigenvalue weighted by molar-refractivity contribution is 0.197. The van der Waals surface area contributed by atoms with E-state index in [2.05, 4.69) is 0 Å². The third-order valence-corrected chi connectivity index (χ3v) is 2.38. The first-order valence-corrected chi connectivity index (χ1v) is 4.64. The molecule has 0 atom stereocenters. The van der Waals surface area contributed by atoms with Crippen LogP contribution in [0.25, 0.3) is 10.9 Å². The summed E-state index contributed by atoms with van der Waals surface area (Å²) in [6, 6.07) is 4.38. The van der Waals surface area contributed by atoms with Crippen LogP contribution in [0.15, 0.2) is 29.2 Å². The first-order chi connectivity index (χ1) is 7.67.